The molecule has 4 nitrogen and oxygen atoms in total. The molecule has 3 saturated carbocycles. The van der Waals surface area contributed by atoms with Gasteiger partial charge in [0.15, 0.2) is 5.60 Å². The van der Waals surface area contributed by atoms with Crippen molar-refractivity contribution in [3.8, 4) is 12.3 Å². The van der Waals surface area contributed by atoms with Gasteiger partial charge in [-0.25, -0.2) is 0 Å². The molecule has 0 saturated heterocycles. The average Bonchev–Trinajstić information content (AvgIpc) is 2.82. The molecule has 0 aliphatic heterocycles. The summed E-state index contributed by atoms with van der Waals surface area (Å²) in [5.41, 5.74) is -0.935. The smallest absolute Gasteiger partial charge is 0.156 e. The van der Waals surface area contributed by atoms with Crippen LogP contribution in [0.2, 0.25) is 0 Å². The third kappa shape index (κ3) is 2.04. The lowest BCUT2D eigenvalue weighted by Gasteiger charge is -2.58. The van der Waals surface area contributed by atoms with Crippen molar-refractivity contribution in [2.24, 2.45) is 28.6 Å². The second-order valence-corrected chi connectivity index (χ2v) is 9.17. The zero-order valence-electron chi connectivity index (χ0n) is 15.0. The quantitative estimate of drug-likeness (QED) is 0.430. The van der Waals surface area contributed by atoms with E-state index in [-0.39, 0.29) is 24.0 Å². The molecule has 4 aliphatic rings. The van der Waals surface area contributed by atoms with Crippen LogP contribution >= 0.6 is 0 Å². The van der Waals surface area contributed by atoms with Gasteiger partial charge in [0.2, 0.25) is 0 Å². The Morgan fingerprint density at radius 3 is 2.68 bits per heavy atom. The molecule has 4 rings (SSSR count). The van der Waals surface area contributed by atoms with Gasteiger partial charge in [-0.1, -0.05) is 24.5 Å². The molecule has 0 spiro atoms. The fourth-order valence-electron chi connectivity index (χ4n) is 7.01. The standard InChI is InChI=1S/C21H30O4/c1-3-21(25)18(24)11-17-15-5-4-13-10-14(23)6-9-20(13,12-22)16(15)7-8-19(17,21)2/h1,4,14-18,22-25H,5-12H2,2H3/t14-,15?,16?,17?,18+,19+,20-,21+/m1/s1. The normalized spacial score (nSPS) is 54.7. The van der Waals surface area contributed by atoms with Gasteiger partial charge in [-0.2, -0.15) is 0 Å². The largest absolute Gasteiger partial charge is 0.395 e. The number of aliphatic hydroxyl groups is 4. The first kappa shape index (κ1) is 17.5. The summed E-state index contributed by atoms with van der Waals surface area (Å²) < 4.78 is 0. The summed E-state index contributed by atoms with van der Waals surface area (Å²) >= 11 is 0. The lowest BCUT2D eigenvalue weighted by Crippen LogP contribution is -2.57. The number of hydrogen-bond donors (Lipinski definition) is 4. The van der Waals surface area contributed by atoms with Crippen LogP contribution in [0.15, 0.2) is 11.6 Å². The number of fused-ring (bicyclic) bond motifs is 5. The van der Waals surface area contributed by atoms with E-state index in [9.17, 15) is 20.4 Å². The second-order valence-electron chi connectivity index (χ2n) is 9.17. The van der Waals surface area contributed by atoms with Crippen LogP contribution in [-0.2, 0) is 0 Å². The van der Waals surface area contributed by atoms with Gasteiger partial charge in [0.25, 0.3) is 0 Å². The van der Waals surface area contributed by atoms with Crippen LogP contribution in [0.3, 0.4) is 0 Å². The summed E-state index contributed by atoms with van der Waals surface area (Å²) in [6, 6.07) is 0. The SMILES string of the molecule is C#C[C@]1(O)[C@@H](O)CC2C3CC=C4C[C@H](O)CC[C@]4(CO)C3CC[C@@]21C. The van der Waals surface area contributed by atoms with Gasteiger partial charge in [-0.15, -0.1) is 6.42 Å². The molecule has 3 fully saturated rings. The van der Waals surface area contributed by atoms with Gasteiger partial charge >= 0.3 is 0 Å². The molecule has 25 heavy (non-hydrogen) atoms. The molecule has 0 heterocycles. The summed E-state index contributed by atoms with van der Waals surface area (Å²) in [6.45, 7) is 2.16. The number of hydrogen-bond acceptors (Lipinski definition) is 4. The molecule has 4 heteroatoms. The van der Waals surface area contributed by atoms with Crippen molar-refractivity contribution < 1.29 is 20.4 Å². The maximum atomic E-state index is 11.0. The Hall–Kier alpha value is -0.860. The molecular weight excluding hydrogens is 316 g/mol. The van der Waals surface area contributed by atoms with Crippen LogP contribution in [0.1, 0.15) is 51.9 Å². The zero-order valence-corrected chi connectivity index (χ0v) is 15.0. The summed E-state index contributed by atoms with van der Waals surface area (Å²) in [4.78, 5) is 0. The van der Waals surface area contributed by atoms with E-state index in [1.54, 1.807) is 0 Å². The highest BCUT2D eigenvalue weighted by atomic mass is 16.3. The van der Waals surface area contributed by atoms with Gasteiger partial charge < -0.3 is 20.4 Å². The molecule has 0 radical (unpaired) electrons. The molecule has 4 N–H and O–H groups in total. The molecule has 0 aromatic heterocycles. The van der Waals surface area contributed by atoms with E-state index in [0.717, 1.165) is 32.1 Å². The monoisotopic (exact) mass is 346 g/mol. The average molecular weight is 346 g/mol. The Balaban J connectivity index is 1.74. The maximum absolute atomic E-state index is 11.0. The Morgan fingerprint density at radius 2 is 2.00 bits per heavy atom. The van der Waals surface area contributed by atoms with E-state index in [4.69, 9.17) is 6.42 Å². The number of aliphatic hydroxyl groups excluding tert-OH is 3. The first-order valence-electron chi connectivity index (χ1n) is 9.69. The Bertz CT molecular complexity index is 636. The molecule has 0 aromatic carbocycles. The Labute approximate surface area is 150 Å². The Morgan fingerprint density at radius 1 is 1.24 bits per heavy atom. The van der Waals surface area contributed by atoms with Crippen molar-refractivity contribution in [2.45, 2.75) is 69.7 Å². The second kappa shape index (κ2) is 5.57. The van der Waals surface area contributed by atoms with Crippen molar-refractivity contribution in [3.63, 3.8) is 0 Å². The summed E-state index contributed by atoms with van der Waals surface area (Å²) in [5, 5.41) is 42.0. The van der Waals surface area contributed by atoms with E-state index in [1.165, 1.54) is 5.57 Å². The fourth-order valence-corrected chi connectivity index (χ4v) is 7.01. The van der Waals surface area contributed by atoms with Crippen LogP contribution in [0.4, 0.5) is 0 Å². The summed E-state index contributed by atoms with van der Waals surface area (Å²) in [6.07, 6.45) is 12.0. The van der Waals surface area contributed by atoms with Crippen LogP contribution in [0, 0.1) is 40.9 Å². The van der Waals surface area contributed by atoms with E-state index in [2.05, 4.69) is 12.0 Å². The minimum absolute atomic E-state index is 0.123. The number of rotatable bonds is 1. The van der Waals surface area contributed by atoms with Gasteiger partial charge in [0, 0.05) is 10.8 Å². The maximum Gasteiger partial charge on any atom is 0.156 e. The first-order chi connectivity index (χ1) is 11.8. The molecule has 4 aliphatic carbocycles. The Kier molecular flexibility index (Phi) is 3.91. The van der Waals surface area contributed by atoms with Crippen molar-refractivity contribution in [3.05, 3.63) is 11.6 Å². The zero-order chi connectivity index (χ0) is 18.0. The highest BCUT2D eigenvalue weighted by Gasteiger charge is 2.67. The molecule has 0 amide bonds. The summed E-state index contributed by atoms with van der Waals surface area (Å²) in [5.74, 6) is 3.35. The van der Waals surface area contributed by atoms with Gasteiger partial charge in [-0.05, 0) is 62.7 Å². The minimum atomic E-state index is -1.46. The van der Waals surface area contributed by atoms with Crippen LogP contribution in [0.25, 0.3) is 0 Å². The number of allylic oxidation sites excluding steroid dienone is 1. The molecule has 8 atom stereocenters. The molecule has 0 bridgehead atoms. The van der Waals surface area contributed by atoms with E-state index in [0.29, 0.717) is 24.7 Å². The predicted molar refractivity (Wildman–Crippen MR) is 94.3 cm³/mol. The third-order valence-corrected chi connectivity index (χ3v) is 8.52. The molecule has 138 valence electrons. The fraction of sp³-hybridized carbons (Fsp3) is 0.810. The first-order valence-corrected chi connectivity index (χ1v) is 9.69. The van der Waals surface area contributed by atoms with E-state index < -0.39 is 17.1 Å². The lowest BCUT2D eigenvalue weighted by atomic mass is 9.46. The number of terminal acetylenes is 1. The van der Waals surface area contributed by atoms with E-state index >= 15 is 0 Å². The summed E-state index contributed by atoms with van der Waals surface area (Å²) in [7, 11) is 0. The topological polar surface area (TPSA) is 80.9 Å². The van der Waals surface area contributed by atoms with Gasteiger partial charge in [-0.3, -0.25) is 0 Å². The third-order valence-electron chi connectivity index (χ3n) is 8.52. The van der Waals surface area contributed by atoms with Crippen molar-refractivity contribution in [2.75, 3.05) is 6.61 Å². The lowest BCUT2D eigenvalue weighted by molar-refractivity contribution is -0.125. The highest BCUT2D eigenvalue weighted by molar-refractivity contribution is 5.31. The molecule has 0 aromatic rings. The van der Waals surface area contributed by atoms with Crippen LogP contribution in [-0.4, -0.2) is 44.8 Å². The van der Waals surface area contributed by atoms with Crippen LogP contribution < -0.4 is 0 Å². The van der Waals surface area contributed by atoms with Gasteiger partial charge in [0.05, 0.1) is 18.8 Å². The minimum Gasteiger partial charge on any atom is -0.395 e. The van der Waals surface area contributed by atoms with Gasteiger partial charge in [0.1, 0.15) is 0 Å². The predicted octanol–water partition coefficient (Wildman–Crippen LogP) is 1.62. The van der Waals surface area contributed by atoms with Crippen molar-refractivity contribution >= 4 is 0 Å². The highest BCUT2D eigenvalue weighted by Crippen LogP contribution is 2.66. The van der Waals surface area contributed by atoms with Crippen molar-refractivity contribution in [1.29, 1.82) is 0 Å². The van der Waals surface area contributed by atoms with Crippen LogP contribution in [0.5, 0.6) is 0 Å². The molecular formula is C21H30O4. The van der Waals surface area contributed by atoms with Crippen molar-refractivity contribution in [1.82, 2.24) is 0 Å². The molecule has 3 unspecified atom stereocenters. The van der Waals surface area contributed by atoms with E-state index in [1.807, 2.05) is 6.92 Å².